The molecule has 0 saturated carbocycles. The van der Waals surface area contributed by atoms with Gasteiger partial charge in [-0.1, -0.05) is 45.2 Å². The first-order valence-corrected chi connectivity index (χ1v) is 5.69. The Balaban J connectivity index is 0.000000423. The molecule has 1 rings (SSSR count). The van der Waals surface area contributed by atoms with Crippen molar-refractivity contribution in [2.45, 2.75) is 0 Å². The number of halogens is 3. The van der Waals surface area contributed by atoms with E-state index in [-0.39, 0.29) is 21.4 Å². The Labute approximate surface area is 107 Å². The summed E-state index contributed by atoms with van der Waals surface area (Å²) in [6, 6.07) is 4.39. The number of rotatable bonds is 1. The van der Waals surface area contributed by atoms with Crippen molar-refractivity contribution in [3.05, 3.63) is 40.4 Å². The summed E-state index contributed by atoms with van der Waals surface area (Å²) in [5.41, 5.74) is 0.259. The maximum Gasteiger partial charge on any atom is 0.135 e. The number of alkyl halides is 1. The zero-order valence-electron chi connectivity index (χ0n) is 7.67. The number of phenolic OH excluding ortho intramolecular Hbond substituents is 1. The fourth-order valence-electron chi connectivity index (χ4n) is 0.622. The van der Waals surface area contributed by atoms with Crippen LogP contribution in [-0.4, -0.2) is 10.4 Å². The highest BCUT2D eigenvalue weighted by molar-refractivity contribution is 9.09. The van der Waals surface area contributed by atoms with E-state index in [1.54, 1.807) is 6.08 Å². The lowest BCUT2D eigenvalue weighted by Gasteiger charge is -1.97. The molecule has 0 unspecified atom stereocenters. The number of hydrogen-bond donors (Lipinski definition) is 1. The van der Waals surface area contributed by atoms with E-state index in [1.165, 1.54) is 12.1 Å². The van der Waals surface area contributed by atoms with Crippen molar-refractivity contribution in [2.75, 3.05) is 5.33 Å². The first-order chi connectivity index (χ1) is 7.06. The second-order valence-corrected chi connectivity index (χ2v) is 3.80. The summed E-state index contributed by atoms with van der Waals surface area (Å²) in [6.45, 7) is 3.43. The Morgan fingerprint density at radius 3 is 2.40 bits per heavy atom. The van der Waals surface area contributed by atoms with E-state index in [0.717, 1.165) is 5.33 Å². The molecule has 0 fully saturated rings. The Morgan fingerprint density at radius 1 is 1.47 bits per heavy atom. The normalized spacial score (nSPS) is 8.40. The van der Waals surface area contributed by atoms with Gasteiger partial charge in [0.2, 0.25) is 0 Å². The van der Waals surface area contributed by atoms with Crippen LogP contribution in [0.15, 0.2) is 24.8 Å². The van der Waals surface area contributed by atoms with Gasteiger partial charge in [0.25, 0.3) is 0 Å². The van der Waals surface area contributed by atoms with Gasteiger partial charge in [0.05, 0.1) is 15.6 Å². The molecule has 15 heavy (non-hydrogen) atoms. The van der Waals surface area contributed by atoms with Gasteiger partial charge in [-0.25, -0.2) is 0 Å². The topological polar surface area (TPSA) is 44.0 Å². The van der Waals surface area contributed by atoms with Gasteiger partial charge in [0.1, 0.15) is 11.8 Å². The highest BCUT2D eigenvalue weighted by Crippen LogP contribution is 2.29. The molecule has 0 saturated heterocycles. The lowest BCUT2D eigenvalue weighted by molar-refractivity contribution is 0.475. The Bertz CT molecular complexity index is 388. The fourth-order valence-corrected chi connectivity index (χ4v) is 0.986. The minimum atomic E-state index is -0.115. The number of allylic oxidation sites excluding steroid dienone is 1. The minimum absolute atomic E-state index is 0.115. The molecule has 0 bridgehead atoms. The van der Waals surface area contributed by atoms with Crippen LogP contribution in [0.25, 0.3) is 0 Å². The molecule has 5 heteroatoms. The zero-order valence-corrected chi connectivity index (χ0v) is 10.8. The minimum Gasteiger partial charge on any atom is -0.506 e. The predicted molar refractivity (Wildman–Crippen MR) is 66.8 cm³/mol. The van der Waals surface area contributed by atoms with Crippen LogP contribution in [-0.2, 0) is 0 Å². The van der Waals surface area contributed by atoms with Crippen LogP contribution in [0.1, 0.15) is 5.56 Å². The van der Waals surface area contributed by atoms with E-state index in [9.17, 15) is 0 Å². The van der Waals surface area contributed by atoms with Gasteiger partial charge in [-0.05, 0) is 6.07 Å². The highest BCUT2D eigenvalue weighted by Gasteiger charge is 2.04. The van der Waals surface area contributed by atoms with Crippen LogP contribution in [0.2, 0.25) is 10.0 Å². The third-order valence-corrected chi connectivity index (χ3v) is 2.34. The summed E-state index contributed by atoms with van der Waals surface area (Å²) in [6.07, 6.45) is 1.79. The monoisotopic (exact) mass is 307 g/mol. The number of hydrogen-bond acceptors (Lipinski definition) is 2. The van der Waals surface area contributed by atoms with Gasteiger partial charge >= 0.3 is 0 Å². The summed E-state index contributed by atoms with van der Waals surface area (Å²) >= 11 is 14.2. The molecule has 0 aromatic heterocycles. The Hall–Kier alpha value is -0.690. The number of nitriles is 1. The molecule has 0 atom stereocenters. The van der Waals surface area contributed by atoms with E-state index in [2.05, 4.69) is 22.5 Å². The third kappa shape index (κ3) is 5.08. The van der Waals surface area contributed by atoms with Crippen molar-refractivity contribution >= 4 is 39.1 Å². The highest BCUT2D eigenvalue weighted by atomic mass is 79.9. The predicted octanol–water partition coefficient (Wildman–Crippen LogP) is 4.14. The number of phenols is 1. The maximum absolute atomic E-state index is 8.99. The second kappa shape index (κ2) is 7.58. The molecule has 80 valence electrons. The van der Waals surface area contributed by atoms with Gasteiger partial charge in [-0.3, -0.25) is 0 Å². The van der Waals surface area contributed by atoms with E-state index in [0.29, 0.717) is 0 Å². The molecular weight excluding hydrogens is 301 g/mol. The van der Waals surface area contributed by atoms with Crippen molar-refractivity contribution in [1.82, 2.24) is 0 Å². The summed E-state index contributed by atoms with van der Waals surface area (Å²) < 4.78 is 0. The van der Waals surface area contributed by atoms with Crippen LogP contribution in [0.4, 0.5) is 0 Å². The van der Waals surface area contributed by atoms with Gasteiger partial charge < -0.3 is 5.11 Å². The molecule has 2 nitrogen and oxygen atoms in total. The molecule has 0 aliphatic carbocycles. The number of aromatic hydroxyl groups is 1. The average molecular weight is 309 g/mol. The molecule has 0 spiro atoms. The SMILES string of the molecule is C=CCBr.N#Cc1cc(Cl)c(O)cc1Cl. The molecule has 1 N–H and O–H groups in total. The third-order valence-electron chi connectivity index (χ3n) is 1.27. The smallest absolute Gasteiger partial charge is 0.135 e. The van der Waals surface area contributed by atoms with Crippen LogP contribution in [0.5, 0.6) is 5.75 Å². The average Bonchev–Trinajstić information content (AvgIpc) is 2.24. The first-order valence-electron chi connectivity index (χ1n) is 3.81. The van der Waals surface area contributed by atoms with E-state index < -0.39 is 0 Å². The van der Waals surface area contributed by atoms with E-state index in [1.807, 2.05) is 6.07 Å². The van der Waals surface area contributed by atoms with Gasteiger partial charge in [-0.15, -0.1) is 6.58 Å². The van der Waals surface area contributed by atoms with Crippen molar-refractivity contribution in [2.24, 2.45) is 0 Å². The summed E-state index contributed by atoms with van der Waals surface area (Å²) in [7, 11) is 0. The fraction of sp³-hybridized carbons (Fsp3) is 0.100. The first kappa shape index (κ1) is 14.3. The van der Waals surface area contributed by atoms with E-state index in [4.69, 9.17) is 33.6 Å². The summed E-state index contributed by atoms with van der Waals surface area (Å²) in [5, 5.41) is 18.7. The van der Waals surface area contributed by atoms with Crippen LogP contribution < -0.4 is 0 Å². The van der Waals surface area contributed by atoms with Gasteiger partial charge in [0.15, 0.2) is 0 Å². The standard InChI is InChI=1S/C7H3Cl2NO.C3H5Br/c8-5-2-7(11)6(9)1-4(5)3-10;1-2-3-4/h1-2,11H;2H,1,3H2. The van der Waals surface area contributed by atoms with Crippen molar-refractivity contribution in [3.8, 4) is 11.8 Å². The molecule has 1 aromatic rings. The number of benzene rings is 1. The quantitative estimate of drug-likeness (QED) is 0.626. The zero-order chi connectivity index (χ0) is 11.8. The molecule has 1 aromatic carbocycles. The molecule has 0 radical (unpaired) electrons. The maximum atomic E-state index is 8.99. The molecule has 0 heterocycles. The van der Waals surface area contributed by atoms with Crippen molar-refractivity contribution in [3.63, 3.8) is 0 Å². The Kier molecular flexibility index (Phi) is 7.23. The summed E-state index contributed by atoms with van der Waals surface area (Å²) in [5.74, 6) is -0.115. The molecule has 0 aliphatic heterocycles. The van der Waals surface area contributed by atoms with Gasteiger partial charge in [0, 0.05) is 11.4 Å². The lowest BCUT2D eigenvalue weighted by Crippen LogP contribution is -1.77. The molecule has 0 amide bonds. The Morgan fingerprint density at radius 2 is 2.00 bits per heavy atom. The van der Waals surface area contributed by atoms with Gasteiger partial charge in [-0.2, -0.15) is 5.26 Å². The van der Waals surface area contributed by atoms with Crippen LogP contribution in [0.3, 0.4) is 0 Å². The van der Waals surface area contributed by atoms with Crippen LogP contribution in [0, 0.1) is 11.3 Å². The lowest BCUT2D eigenvalue weighted by atomic mass is 10.2. The molecular formula is C10H8BrCl2NO. The second-order valence-electron chi connectivity index (χ2n) is 2.34. The number of nitrogens with zero attached hydrogens (tertiary/aromatic N) is 1. The largest absolute Gasteiger partial charge is 0.506 e. The summed E-state index contributed by atoms with van der Waals surface area (Å²) in [4.78, 5) is 0. The van der Waals surface area contributed by atoms with E-state index >= 15 is 0 Å². The van der Waals surface area contributed by atoms with Crippen molar-refractivity contribution < 1.29 is 5.11 Å². The van der Waals surface area contributed by atoms with Crippen molar-refractivity contribution in [1.29, 1.82) is 5.26 Å². The molecule has 0 aliphatic rings. The van der Waals surface area contributed by atoms with Crippen LogP contribution >= 0.6 is 39.1 Å².